The third kappa shape index (κ3) is 3.93. The van der Waals surface area contributed by atoms with Gasteiger partial charge in [0.05, 0.1) is 16.0 Å². The smallest absolute Gasteiger partial charge is 0.258 e. The van der Waals surface area contributed by atoms with Crippen LogP contribution in [0.15, 0.2) is 23.1 Å². The second kappa shape index (κ2) is 6.70. The van der Waals surface area contributed by atoms with E-state index in [0.717, 1.165) is 12.1 Å². The molecule has 1 N–H and O–H groups in total. The Morgan fingerprint density at radius 1 is 1.55 bits per heavy atom. The quantitative estimate of drug-likeness (QED) is 0.495. The molecular formula is C12H13ClN2O4S. The van der Waals surface area contributed by atoms with Crippen molar-refractivity contribution in [2.75, 3.05) is 0 Å². The summed E-state index contributed by atoms with van der Waals surface area (Å²) in [6, 6.07) is 2.52. The van der Waals surface area contributed by atoms with E-state index in [0.29, 0.717) is 12.8 Å². The number of non-ortho nitro benzene ring substituents is 1. The molecule has 0 aromatic heterocycles. The SMILES string of the molecule is C#CC(CCC)NS(=O)(=O)c1cc([N+](=O)[O-])ccc1Cl. The molecule has 0 amide bonds. The minimum absolute atomic E-state index is 0.102. The second-order valence-corrected chi connectivity index (χ2v) is 6.09. The Morgan fingerprint density at radius 2 is 2.20 bits per heavy atom. The summed E-state index contributed by atoms with van der Waals surface area (Å²) in [6.07, 6.45) is 6.40. The molecule has 0 saturated heterocycles. The summed E-state index contributed by atoms with van der Waals surface area (Å²) >= 11 is 5.80. The van der Waals surface area contributed by atoms with Crippen LogP contribution in [0.5, 0.6) is 0 Å². The van der Waals surface area contributed by atoms with E-state index in [1.807, 2.05) is 6.92 Å². The maximum Gasteiger partial charge on any atom is 0.270 e. The van der Waals surface area contributed by atoms with E-state index in [1.165, 1.54) is 6.07 Å². The third-order valence-corrected chi connectivity index (χ3v) is 4.44. The predicted molar refractivity (Wildman–Crippen MR) is 76.0 cm³/mol. The van der Waals surface area contributed by atoms with Gasteiger partial charge in [-0.05, 0) is 12.5 Å². The van der Waals surface area contributed by atoms with Gasteiger partial charge in [0.2, 0.25) is 10.0 Å². The summed E-state index contributed by atoms with van der Waals surface area (Å²) < 4.78 is 26.6. The lowest BCUT2D eigenvalue weighted by atomic mass is 10.2. The van der Waals surface area contributed by atoms with Crippen LogP contribution in [0.2, 0.25) is 5.02 Å². The summed E-state index contributed by atoms with van der Waals surface area (Å²) in [5.74, 6) is 2.32. The van der Waals surface area contributed by atoms with Crippen LogP contribution < -0.4 is 4.72 Å². The van der Waals surface area contributed by atoms with Gasteiger partial charge in [0.15, 0.2) is 0 Å². The summed E-state index contributed by atoms with van der Waals surface area (Å²) in [7, 11) is -4.01. The highest BCUT2D eigenvalue weighted by molar-refractivity contribution is 7.89. The van der Waals surface area contributed by atoms with E-state index in [-0.39, 0.29) is 15.6 Å². The van der Waals surface area contributed by atoms with Crippen molar-refractivity contribution in [1.29, 1.82) is 0 Å². The molecule has 0 heterocycles. The van der Waals surface area contributed by atoms with E-state index in [2.05, 4.69) is 10.6 Å². The van der Waals surface area contributed by atoms with Crippen molar-refractivity contribution in [2.24, 2.45) is 0 Å². The highest BCUT2D eigenvalue weighted by atomic mass is 35.5. The van der Waals surface area contributed by atoms with Crippen LogP contribution >= 0.6 is 11.6 Å². The molecule has 0 aliphatic carbocycles. The zero-order valence-electron chi connectivity index (χ0n) is 10.7. The number of nitro benzene ring substituents is 1. The lowest BCUT2D eigenvalue weighted by Crippen LogP contribution is -2.33. The molecule has 6 nitrogen and oxygen atoms in total. The molecule has 20 heavy (non-hydrogen) atoms. The zero-order valence-corrected chi connectivity index (χ0v) is 12.2. The maximum absolute atomic E-state index is 12.2. The van der Waals surface area contributed by atoms with Crippen molar-refractivity contribution in [3.63, 3.8) is 0 Å². The van der Waals surface area contributed by atoms with Gasteiger partial charge in [0.1, 0.15) is 4.90 Å². The number of rotatable bonds is 6. The van der Waals surface area contributed by atoms with Crippen LogP contribution in [0, 0.1) is 22.5 Å². The molecule has 0 spiro atoms. The maximum atomic E-state index is 12.2. The highest BCUT2D eigenvalue weighted by Crippen LogP contribution is 2.26. The van der Waals surface area contributed by atoms with Crippen LogP contribution in [-0.4, -0.2) is 19.4 Å². The average molecular weight is 317 g/mol. The number of terminal acetylenes is 1. The Morgan fingerprint density at radius 3 is 2.70 bits per heavy atom. The molecule has 108 valence electrons. The first kappa shape index (κ1) is 16.4. The van der Waals surface area contributed by atoms with Gasteiger partial charge in [-0.3, -0.25) is 10.1 Å². The molecule has 0 saturated carbocycles. The summed E-state index contributed by atoms with van der Waals surface area (Å²) in [6.45, 7) is 1.86. The van der Waals surface area contributed by atoms with Gasteiger partial charge < -0.3 is 0 Å². The molecule has 1 unspecified atom stereocenters. The predicted octanol–water partition coefficient (Wildman–Crippen LogP) is 2.33. The number of nitrogens with zero attached hydrogens (tertiary/aromatic N) is 1. The normalized spacial score (nSPS) is 12.7. The summed E-state index contributed by atoms with van der Waals surface area (Å²) in [4.78, 5) is 9.64. The Kier molecular flexibility index (Phi) is 5.51. The third-order valence-electron chi connectivity index (χ3n) is 2.49. The topological polar surface area (TPSA) is 89.3 Å². The molecule has 1 atom stereocenters. The fourth-order valence-electron chi connectivity index (χ4n) is 1.53. The first-order valence-corrected chi connectivity index (χ1v) is 7.60. The molecule has 0 aliphatic heterocycles. The standard InChI is InChI=1S/C12H13ClN2O4S/c1-3-5-9(4-2)14-20(18,19)12-8-10(15(16)17)6-7-11(12)13/h2,6-9,14H,3,5H2,1H3. The monoisotopic (exact) mass is 316 g/mol. The number of hydrogen-bond acceptors (Lipinski definition) is 4. The van der Waals surface area contributed by atoms with Gasteiger partial charge in [-0.1, -0.05) is 30.9 Å². The molecule has 0 fully saturated rings. The molecule has 0 radical (unpaired) electrons. The number of hydrogen-bond donors (Lipinski definition) is 1. The fraction of sp³-hybridized carbons (Fsp3) is 0.333. The molecule has 0 bridgehead atoms. The van der Waals surface area contributed by atoms with Gasteiger partial charge in [-0.15, -0.1) is 6.42 Å². The lowest BCUT2D eigenvalue weighted by Gasteiger charge is -2.13. The molecular weight excluding hydrogens is 304 g/mol. The van der Waals surface area contributed by atoms with E-state index < -0.39 is 21.0 Å². The lowest BCUT2D eigenvalue weighted by molar-refractivity contribution is -0.385. The van der Waals surface area contributed by atoms with Crippen LogP contribution in [0.3, 0.4) is 0 Å². The Hall–Kier alpha value is -1.62. The van der Waals surface area contributed by atoms with Crippen molar-refractivity contribution in [2.45, 2.75) is 30.7 Å². The minimum Gasteiger partial charge on any atom is -0.258 e. The van der Waals surface area contributed by atoms with E-state index in [9.17, 15) is 18.5 Å². The molecule has 8 heteroatoms. The average Bonchev–Trinajstić information content (AvgIpc) is 2.37. The van der Waals surface area contributed by atoms with Crippen molar-refractivity contribution < 1.29 is 13.3 Å². The van der Waals surface area contributed by atoms with Crippen molar-refractivity contribution >= 4 is 27.3 Å². The van der Waals surface area contributed by atoms with Gasteiger partial charge in [-0.2, -0.15) is 4.72 Å². The highest BCUT2D eigenvalue weighted by Gasteiger charge is 2.23. The van der Waals surface area contributed by atoms with Crippen molar-refractivity contribution in [3.05, 3.63) is 33.3 Å². The largest absolute Gasteiger partial charge is 0.270 e. The van der Waals surface area contributed by atoms with Crippen LogP contribution in [0.1, 0.15) is 19.8 Å². The van der Waals surface area contributed by atoms with Crippen molar-refractivity contribution in [3.8, 4) is 12.3 Å². The zero-order chi connectivity index (χ0) is 15.3. The van der Waals surface area contributed by atoms with Crippen molar-refractivity contribution in [1.82, 2.24) is 4.72 Å². The Bertz CT molecular complexity index is 652. The Labute approximate surface area is 122 Å². The van der Waals surface area contributed by atoms with Crippen LogP contribution in [0.25, 0.3) is 0 Å². The van der Waals surface area contributed by atoms with Gasteiger partial charge in [-0.25, -0.2) is 8.42 Å². The number of halogens is 1. The van der Waals surface area contributed by atoms with Gasteiger partial charge in [0.25, 0.3) is 5.69 Å². The summed E-state index contributed by atoms with van der Waals surface area (Å²) in [5, 5.41) is 10.6. The van der Waals surface area contributed by atoms with E-state index in [4.69, 9.17) is 18.0 Å². The molecule has 0 aliphatic rings. The fourth-order valence-corrected chi connectivity index (χ4v) is 3.24. The van der Waals surface area contributed by atoms with Crippen LogP contribution in [-0.2, 0) is 10.0 Å². The van der Waals surface area contributed by atoms with Crippen LogP contribution in [0.4, 0.5) is 5.69 Å². The Balaban J connectivity index is 3.18. The summed E-state index contributed by atoms with van der Waals surface area (Å²) in [5.41, 5.74) is -0.359. The number of nitro groups is 1. The molecule has 1 aromatic rings. The number of benzene rings is 1. The van der Waals surface area contributed by atoms with Gasteiger partial charge in [0, 0.05) is 12.1 Å². The first-order chi connectivity index (χ1) is 9.31. The first-order valence-electron chi connectivity index (χ1n) is 5.74. The van der Waals surface area contributed by atoms with E-state index >= 15 is 0 Å². The molecule has 1 rings (SSSR count). The van der Waals surface area contributed by atoms with Gasteiger partial charge >= 0.3 is 0 Å². The number of nitrogens with one attached hydrogen (secondary N) is 1. The minimum atomic E-state index is -4.01. The van der Waals surface area contributed by atoms with E-state index in [1.54, 1.807) is 0 Å². The second-order valence-electron chi connectivity index (χ2n) is 4.00. The molecule has 1 aromatic carbocycles. The number of sulfonamides is 1.